The average Bonchev–Trinajstić information content (AvgIpc) is 3.22. The zero-order chi connectivity index (χ0) is 21.3. The fourth-order valence-electron chi connectivity index (χ4n) is 3.92. The Bertz CT molecular complexity index is 922. The number of hydrogen-bond acceptors (Lipinski definition) is 6. The van der Waals surface area contributed by atoms with Gasteiger partial charge in [-0.1, -0.05) is 43.2 Å². The van der Waals surface area contributed by atoms with Crippen LogP contribution in [-0.2, 0) is 4.79 Å². The number of nitrogens with zero attached hydrogens (tertiary/aromatic N) is 5. The van der Waals surface area contributed by atoms with Gasteiger partial charge in [0.1, 0.15) is 12.1 Å². The Labute approximate surface area is 182 Å². The van der Waals surface area contributed by atoms with Gasteiger partial charge in [0.15, 0.2) is 6.61 Å². The predicted molar refractivity (Wildman–Crippen MR) is 117 cm³/mol. The van der Waals surface area contributed by atoms with Crippen LogP contribution in [0.5, 0.6) is 5.75 Å². The number of benzene rings is 2. The van der Waals surface area contributed by atoms with E-state index < -0.39 is 0 Å². The highest BCUT2D eigenvalue weighted by molar-refractivity contribution is 5.77. The van der Waals surface area contributed by atoms with Gasteiger partial charge in [-0.2, -0.15) is 0 Å². The molecule has 1 saturated heterocycles. The van der Waals surface area contributed by atoms with Crippen molar-refractivity contribution in [2.45, 2.75) is 31.7 Å². The van der Waals surface area contributed by atoms with E-state index in [1.165, 1.54) is 37.6 Å². The molecule has 0 saturated carbocycles. The molecule has 1 fully saturated rings. The Morgan fingerprint density at radius 1 is 1.00 bits per heavy atom. The maximum Gasteiger partial charge on any atom is 0.258 e. The number of carbonyl (C=O) groups excluding carboxylic acids is 1. The van der Waals surface area contributed by atoms with Gasteiger partial charge >= 0.3 is 0 Å². The van der Waals surface area contributed by atoms with Crippen molar-refractivity contribution in [3.8, 4) is 11.4 Å². The minimum absolute atomic E-state index is 0.0221. The first-order valence-electron chi connectivity index (χ1n) is 10.8. The molecule has 0 bridgehead atoms. The third-order valence-electron chi connectivity index (χ3n) is 5.58. The van der Waals surface area contributed by atoms with Crippen molar-refractivity contribution in [3.63, 3.8) is 0 Å². The number of amides is 1. The summed E-state index contributed by atoms with van der Waals surface area (Å²) in [5, 5.41) is 14.2. The molecule has 2 aromatic carbocycles. The Morgan fingerprint density at radius 3 is 2.42 bits per heavy atom. The van der Waals surface area contributed by atoms with Gasteiger partial charge in [-0.25, -0.2) is 4.68 Å². The van der Waals surface area contributed by atoms with Gasteiger partial charge in [-0.05, 0) is 66.2 Å². The third-order valence-corrected chi connectivity index (χ3v) is 5.58. The van der Waals surface area contributed by atoms with Crippen molar-refractivity contribution in [1.82, 2.24) is 30.4 Å². The maximum absolute atomic E-state index is 12.5. The fourth-order valence-corrected chi connectivity index (χ4v) is 3.92. The van der Waals surface area contributed by atoms with Gasteiger partial charge < -0.3 is 10.1 Å². The van der Waals surface area contributed by atoms with Crippen LogP contribution in [0, 0.1) is 0 Å². The van der Waals surface area contributed by atoms with Crippen LogP contribution in [0.25, 0.3) is 5.69 Å². The van der Waals surface area contributed by atoms with E-state index in [2.05, 4.69) is 50.0 Å². The molecule has 0 aliphatic carbocycles. The molecule has 1 aliphatic heterocycles. The molecule has 4 rings (SSSR count). The Balaban J connectivity index is 1.31. The van der Waals surface area contributed by atoms with E-state index >= 15 is 0 Å². The molecule has 8 nitrogen and oxygen atoms in total. The predicted octanol–water partition coefficient (Wildman–Crippen LogP) is 2.77. The summed E-state index contributed by atoms with van der Waals surface area (Å²) in [6, 6.07) is 17.9. The molecule has 31 heavy (non-hydrogen) atoms. The lowest BCUT2D eigenvalue weighted by Crippen LogP contribution is -2.40. The SMILES string of the molecule is O=C(COc1ccc(-n2cnnn2)cc1)NC[C@H](c1ccccc1)N1CCCCCC1. The Hall–Kier alpha value is -3.26. The molecule has 1 aromatic heterocycles. The summed E-state index contributed by atoms with van der Waals surface area (Å²) in [7, 11) is 0. The summed E-state index contributed by atoms with van der Waals surface area (Å²) >= 11 is 0. The van der Waals surface area contributed by atoms with Crippen molar-refractivity contribution in [2.75, 3.05) is 26.2 Å². The minimum atomic E-state index is -0.125. The molecule has 3 aromatic rings. The van der Waals surface area contributed by atoms with Gasteiger partial charge in [0.2, 0.25) is 0 Å². The molecule has 8 heteroatoms. The highest BCUT2D eigenvalue weighted by atomic mass is 16.5. The molecule has 0 unspecified atom stereocenters. The van der Waals surface area contributed by atoms with E-state index in [0.29, 0.717) is 12.3 Å². The van der Waals surface area contributed by atoms with E-state index in [-0.39, 0.29) is 18.6 Å². The molecule has 0 radical (unpaired) electrons. The van der Waals surface area contributed by atoms with Gasteiger partial charge in [0, 0.05) is 6.54 Å². The minimum Gasteiger partial charge on any atom is -0.484 e. The first kappa shape index (κ1) is 21.0. The van der Waals surface area contributed by atoms with Crippen LogP contribution in [0.3, 0.4) is 0 Å². The molecular weight excluding hydrogens is 392 g/mol. The fraction of sp³-hybridized carbons (Fsp3) is 0.391. The number of aromatic nitrogens is 4. The van der Waals surface area contributed by atoms with Crippen molar-refractivity contribution in [3.05, 3.63) is 66.5 Å². The van der Waals surface area contributed by atoms with E-state index in [9.17, 15) is 4.79 Å². The zero-order valence-electron chi connectivity index (χ0n) is 17.6. The van der Waals surface area contributed by atoms with E-state index in [0.717, 1.165) is 18.8 Å². The number of tetrazole rings is 1. The molecule has 162 valence electrons. The van der Waals surface area contributed by atoms with Crippen LogP contribution >= 0.6 is 0 Å². The average molecular weight is 421 g/mol. The summed E-state index contributed by atoms with van der Waals surface area (Å²) in [5.41, 5.74) is 2.06. The maximum atomic E-state index is 12.5. The normalized spacial score (nSPS) is 15.7. The highest BCUT2D eigenvalue weighted by Gasteiger charge is 2.22. The quantitative estimate of drug-likeness (QED) is 0.603. The first-order chi connectivity index (χ1) is 15.3. The number of rotatable bonds is 8. The summed E-state index contributed by atoms with van der Waals surface area (Å²) in [5.74, 6) is 0.499. The van der Waals surface area contributed by atoms with E-state index in [1.807, 2.05) is 18.2 Å². The van der Waals surface area contributed by atoms with E-state index in [1.54, 1.807) is 16.8 Å². The third kappa shape index (κ3) is 5.88. The van der Waals surface area contributed by atoms with Crippen LogP contribution in [-0.4, -0.2) is 57.3 Å². The largest absolute Gasteiger partial charge is 0.484 e. The summed E-state index contributed by atoms with van der Waals surface area (Å²) in [6.07, 6.45) is 6.51. The zero-order valence-corrected chi connectivity index (χ0v) is 17.6. The number of ether oxygens (including phenoxy) is 1. The number of carbonyl (C=O) groups is 1. The topological polar surface area (TPSA) is 85.2 Å². The van der Waals surface area contributed by atoms with Crippen molar-refractivity contribution >= 4 is 5.91 Å². The highest BCUT2D eigenvalue weighted by Crippen LogP contribution is 2.23. The molecule has 0 spiro atoms. The van der Waals surface area contributed by atoms with Crippen molar-refractivity contribution in [2.24, 2.45) is 0 Å². The summed E-state index contributed by atoms with van der Waals surface area (Å²) < 4.78 is 7.22. The van der Waals surface area contributed by atoms with Gasteiger partial charge in [-0.3, -0.25) is 9.69 Å². The van der Waals surface area contributed by atoms with Gasteiger partial charge in [-0.15, -0.1) is 5.10 Å². The number of likely N-dealkylation sites (tertiary alicyclic amines) is 1. The molecule has 2 heterocycles. The second-order valence-electron chi connectivity index (χ2n) is 7.72. The number of hydrogen-bond donors (Lipinski definition) is 1. The molecule has 1 atom stereocenters. The number of nitrogens with one attached hydrogen (secondary N) is 1. The second-order valence-corrected chi connectivity index (χ2v) is 7.72. The molecule has 1 N–H and O–H groups in total. The molecular formula is C23H28N6O2. The van der Waals surface area contributed by atoms with Crippen LogP contribution in [0.15, 0.2) is 60.9 Å². The van der Waals surface area contributed by atoms with Gasteiger partial charge in [0.05, 0.1) is 11.7 Å². The van der Waals surface area contributed by atoms with Crippen LogP contribution in [0.2, 0.25) is 0 Å². The summed E-state index contributed by atoms with van der Waals surface area (Å²) in [6.45, 7) is 2.69. The molecule has 1 amide bonds. The Kier molecular flexibility index (Phi) is 7.23. The lowest BCUT2D eigenvalue weighted by Gasteiger charge is -2.31. The lowest BCUT2D eigenvalue weighted by atomic mass is 10.0. The van der Waals surface area contributed by atoms with Crippen molar-refractivity contribution < 1.29 is 9.53 Å². The smallest absolute Gasteiger partial charge is 0.258 e. The monoisotopic (exact) mass is 420 g/mol. The van der Waals surface area contributed by atoms with Crippen LogP contribution < -0.4 is 10.1 Å². The van der Waals surface area contributed by atoms with Crippen LogP contribution in [0.4, 0.5) is 0 Å². The lowest BCUT2D eigenvalue weighted by molar-refractivity contribution is -0.123. The second kappa shape index (κ2) is 10.7. The first-order valence-corrected chi connectivity index (χ1v) is 10.8. The standard InChI is InChI=1S/C23H28N6O2/c30-23(17-31-21-12-10-20(11-13-21)29-18-25-26-27-29)24-16-22(19-8-4-3-5-9-19)28-14-6-1-2-7-15-28/h3-5,8-13,18,22H,1-2,6-7,14-17H2,(H,24,30)/t22-/m1/s1. The van der Waals surface area contributed by atoms with Crippen LogP contribution in [0.1, 0.15) is 37.3 Å². The van der Waals surface area contributed by atoms with E-state index in [4.69, 9.17) is 4.74 Å². The van der Waals surface area contributed by atoms with Crippen molar-refractivity contribution in [1.29, 1.82) is 0 Å². The molecule has 1 aliphatic rings. The Morgan fingerprint density at radius 2 is 1.74 bits per heavy atom. The summed E-state index contributed by atoms with van der Waals surface area (Å²) in [4.78, 5) is 15.0. The van der Waals surface area contributed by atoms with Gasteiger partial charge in [0.25, 0.3) is 5.91 Å².